The lowest BCUT2D eigenvalue weighted by Gasteiger charge is -1.99. The summed E-state index contributed by atoms with van der Waals surface area (Å²) in [7, 11) is 0. The smallest absolute Gasteiger partial charge is 0.271 e. The van der Waals surface area contributed by atoms with E-state index in [0.29, 0.717) is 17.6 Å². The summed E-state index contributed by atoms with van der Waals surface area (Å²) in [6, 6.07) is 9.17. The zero-order chi connectivity index (χ0) is 16.4. The quantitative estimate of drug-likeness (QED) is 0.521. The molecule has 2 aromatic rings. The molecule has 118 valence electrons. The van der Waals surface area contributed by atoms with Crippen molar-refractivity contribution in [2.24, 2.45) is 11.0 Å². The number of hydrogen-bond donors (Lipinski definition) is 1. The number of hydrazone groups is 1. The highest BCUT2D eigenvalue weighted by Gasteiger charge is 2.36. The second-order valence-electron chi connectivity index (χ2n) is 5.57. The summed E-state index contributed by atoms with van der Waals surface area (Å²) in [5, 5.41) is 14.5. The summed E-state index contributed by atoms with van der Waals surface area (Å²) in [6.07, 6.45) is 2.54. The van der Waals surface area contributed by atoms with Crippen LogP contribution in [-0.4, -0.2) is 17.0 Å². The number of nitrogens with one attached hydrogen (secondary N) is 1. The number of hydrogen-bond acceptors (Lipinski definition) is 5. The third kappa shape index (κ3) is 3.45. The molecule has 0 bridgehead atoms. The van der Waals surface area contributed by atoms with Crippen LogP contribution in [0.15, 0.2) is 45.9 Å². The molecule has 0 spiro atoms. The zero-order valence-corrected chi connectivity index (χ0v) is 12.4. The van der Waals surface area contributed by atoms with Gasteiger partial charge in [-0.1, -0.05) is 13.0 Å². The summed E-state index contributed by atoms with van der Waals surface area (Å²) < 4.78 is 5.63. The lowest BCUT2D eigenvalue weighted by Crippen LogP contribution is -2.17. The van der Waals surface area contributed by atoms with Crippen molar-refractivity contribution in [1.29, 1.82) is 0 Å². The highest BCUT2D eigenvalue weighted by Crippen LogP contribution is 2.47. The largest absolute Gasteiger partial charge is 0.460 e. The van der Waals surface area contributed by atoms with E-state index in [4.69, 9.17) is 4.42 Å². The topological polar surface area (TPSA) is 97.7 Å². The van der Waals surface area contributed by atoms with Gasteiger partial charge in [0.25, 0.3) is 11.6 Å². The fourth-order valence-electron chi connectivity index (χ4n) is 2.34. The zero-order valence-electron chi connectivity index (χ0n) is 12.4. The number of benzene rings is 1. The Morgan fingerprint density at radius 3 is 2.91 bits per heavy atom. The molecule has 1 fully saturated rings. The van der Waals surface area contributed by atoms with Crippen LogP contribution >= 0.6 is 0 Å². The van der Waals surface area contributed by atoms with Crippen molar-refractivity contribution in [3.05, 3.63) is 63.6 Å². The number of rotatable bonds is 5. The first-order valence-corrected chi connectivity index (χ1v) is 7.22. The van der Waals surface area contributed by atoms with Crippen LogP contribution < -0.4 is 5.43 Å². The van der Waals surface area contributed by atoms with Gasteiger partial charge in [0.15, 0.2) is 0 Å². The molecule has 0 radical (unpaired) electrons. The molecule has 0 unspecified atom stereocenters. The van der Waals surface area contributed by atoms with E-state index in [1.165, 1.54) is 30.5 Å². The predicted octanol–water partition coefficient (Wildman–Crippen LogP) is 3.08. The summed E-state index contributed by atoms with van der Waals surface area (Å²) in [5.41, 5.74) is 2.35. The lowest BCUT2D eigenvalue weighted by molar-refractivity contribution is -0.384. The monoisotopic (exact) mass is 313 g/mol. The Morgan fingerprint density at radius 1 is 1.43 bits per heavy atom. The fraction of sp³-hybridized carbons (Fsp3) is 0.250. The number of furan rings is 1. The standard InChI is InChI=1S/C16H15N3O4/c1-10-7-14(10)15-6-5-13(23-15)9-17-18-16(20)11-3-2-4-12(8-11)19(21)22/h2-6,8-10,14H,7H2,1H3,(H,18,20)/b17-9-/t10-,14-/m1/s1. The van der Waals surface area contributed by atoms with Gasteiger partial charge in [0.2, 0.25) is 0 Å². The van der Waals surface area contributed by atoms with Gasteiger partial charge in [-0.25, -0.2) is 5.43 Å². The van der Waals surface area contributed by atoms with Crippen LogP contribution in [0.1, 0.15) is 41.1 Å². The van der Waals surface area contributed by atoms with E-state index in [1.807, 2.05) is 6.07 Å². The highest BCUT2D eigenvalue weighted by atomic mass is 16.6. The molecule has 1 saturated carbocycles. The van der Waals surface area contributed by atoms with E-state index in [0.717, 1.165) is 12.2 Å². The molecule has 3 rings (SSSR count). The minimum absolute atomic E-state index is 0.143. The number of nitro groups is 1. The van der Waals surface area contributed by atoms with Gasteiger partial charge in [-0.2, -0.15) is 5.10 Å². The van der Waals surface area contributed by atoms with Crippen LogP contribution in [-0.2, 0) is 0 Å². The molecule has 1 aliphatic rings. The van der Waals surface area contributed by atoms with Gasteiger partial charge in [0.05, 0.1) is 11.1 Å². The molecule has 2 atom stereocenters. The van der Waals surface area contributed by atoms with Gasteiger partial charge >= 0.3 is 0 Å². The number of non-ortho nitro benzene ring substituents is 1. The fourth-order valence-corrected chi connectivity index (χ4v) is 2.34. The van der Waals surface area contributed by atoms with Crippen molar-refractivity contribution in [2.75, 3.05) is 0 Å². The van der Waals surface area contributed by atoms with Gasteiger partial charge in [-0.05, 0) is 30.5 Å². The number of carbonyl (C=O) groups excluding carboxylic acids is 1. The molecular weight excluding hydrogens is 298 g/mol. The lowest BCUT2D eigenvalue weighted by atomic mass is 10.2. The second kappa shape index (κ2) is 6.04. The maximum atomic E-state index is 11.9. The van der Waals surface area contributed by atoms with E-state index < -0.39 is 10.8 Å². The van der Waals surface area contributed by atoms with Gasteiger partial charge < -0.3 is 4.42 Å². The maximum Gasteiger partial charge on any atom is 0.271 e. The Kier molecular flexibility index (Phi) is 3.92. The van der Waals surface area contributed by atoms with Crippen LogP contribution in [0.5, 0.6) is 0 Å². The Labute approximate surface area is 132 Å². The van der Waals surface area contributed by atoms with E-state index >= 15 is 0 Å². The van der Waals surface area contributed by atoms with Gasteiger partial charge in [-0.3, -0.25) is 14.9 Å². The van der Waals surface area contributed by atoms with Crippen molar-refractivity contribution in [1.82, 2.24) is 5.43 Å². The van der Waals surface area contributed by atoms with Gasteiger partial charge in [0.1, 0.15) is 11.5 Å². The SMILES string of the molecule is C[C@@H]1C[C@H]1c1ccc(/C=N\NC(=O)c2cccc([N+](=O)[O-])c2)o1. The van der Waals surface area contributed by atoms with Gasteiger partial charge in [-0.15, -0.1) is 0 Å². The molecule has 1 aromatic heterocycles. The van der Waals surface area contributed by atoms with Crippen molar-refractivity contribution < 1.29 is 14.1 Å². The Balaban J connectivity index is 1.61. The van der Waals surface area contributed by atoms with Crippen molar-refractivity contribution in [2.45, 2.75) is 19.3 Å². The number of nitro benzene ring substituents is 1. The van der Waals surface area contributed by atoms with Crippen LogP contribution in [0.4, 0.5) is 5.69 Å². The molecule has 1 aromatic carbocycles. The third-order valence-electron chi connectivity index (χ3n) is 3.80. The highest BCUT2D eigenvalue weighted by molar-refractivity contribution is 5.95. The van der Waals surface area contributed by atoms with Crippen LogP contribution in [0.3, 0.4) is 0 Å². The van der Waals surface area contributed by atoms with Gasteiger partial charge in [0, 0.05) is 23.6 Å². The molecule has 7 nitrogen and oxygen atoms in total. The minimum Gasteiger partial charge on any atom is -0.460 e. The van der Waals surface area contributed by atoms with Crippen molar-refractivity contribution in [3.8, 4) is 0 Å². The Hall–Kier alpha value is -2.96. The third-order valence-corrected chi connectivity index (χ3v) is 3.80. The molecule has 0 aliphatic heterocycles. The first-order valence-electron chi connectivity index (χ1n) is 7.22. The molecule has 7 heteroatoms. The maximum absolute atomic E-state index is 11.9. The normalized spacial score (nSPS) is 19.7. The first kappa shape index (κ1) is 15.0. The van der Waals surface area contributed by atoms with E-state index in [-0.39, 0.29) is 11.3 Å². The Bertz CT molecular complexity index is 781. The number of carbonyl (C=O) groups is 1. The molecule has 23 heavy (non-hydrogen) atoms. The van der Waals surface area contributed by atoms with E-state index in [9.17, 15) is 14.9 Å². The summed E-state index contributed by atoms with van der Waals surface area (Å²) in [4.78, 5) is 22.0. The minimum atomic E-state index is -0.552. The van der Waals surface area contributed by atoms with Crippen molar-refractivity contribution in [3.63, 3.8) is 0 Å². The van der Waals surface area contributed by atoms with E-state index in [1.54, 1.807) is 6.07 Å². The predicted molar refractivity (Wildman–Crippen MR) is 83.4 cm³/mol. The van der Waals surface area contributed by atoms with Crippen LogP contribution in [0.25, 0.3) is 0 Å². The molecule has 1 aliphatic carbocycles. The van der Waals surface area contributed by atoms with Crippen LogP contribution in [0.2, 0.25) is 0 Å². The second-order valence-corrected chi connectivity index (χ2v) is 5.57. The molecular formula is C16H15N3O4. The summed E-state index contributed by atoms with van der Waals surface area (Å²) in [5.74, 6) is 2.10. The molecule has 1 N–H and O–H groups in total. The number of amides is 1. The number of nitrogens with zero attached hydrogens (tertiary/aromatic N) is 2. The molecule has 0 saturated heterocycles. The molecule has 1 heterocycles. The van der Waals surface area contributed by atoms with E-state index in [2.05, 4.69) is 17.5 Å². The molecule has 1 amide bonds. The van der Waals surface area contributed by atoms with Crippen molar-refractivity contribution >= 4 is 17.8 Å². The summed E-state index contributed by atoms with van der Waals surface area (Å²) in [6.45, 7) is 2.17. The van der Waals surface area contributed by atoms with Crippen LogP contribution in [0, 0.1) is 16.0 Å². The Morgan fingerprint density at radius 2 is 2.22 bits per heavy atom. The average molecular weight is 313 g/mol. The summed E-state index contributed by atoms with van der Waals surface area (Å²) >= 11 is 0. The average Bonchev–Trinajstić information content (AvgIpc) is 3.09. The first-order chi connectivity index (χ1) is 11.0.